The van der Waals surface area contributed by atoms with Crippen LogP contribution >= 0.6 is 11.3 Å². The van der Waals surface area contributed by atoms with Gasteiger partial charge in [-0.05, 0) is 23.4 Å². The van der Waals surface area contributed by atoms with Crippen molar-refractivity contribution >= 4 is 23.2 Å². The molecule has 0 radical (unpaired) electrons. The lowest BCUT2D eigenvalue weighted by Gasteiger charge is -2.15. The normalized spacial score (nSPS) is 23.5. The van der Waals surface area contributed by atoms with E-state index in [0.29, 0.717) is 6.42 Å². The molecule has 2 N–H and O–H groups in total. The number of amides is 1. The summed E-state index contributed by atoms with van der Waals surface area (Å²) >= 11 is 1.49. The zero-order valence-electron chi connectivity index (χ0n) is 11.3. The van der Waals surface area contributed by atoms with E-state index in [-0.39, 0.29) is 18.2 Å². The van der Waals surface area contributed by atoms with Crippen LogP contribution in [0.2, 0.25) is 0 Å². The molecule has 2 atom stereocenters. The molecule has 0 spiro atoms. The van der Waals surface area contributed by atoms with Gasteiger partial charge < -0.3 is 10.4 Å². The van der Waals surface area contributed by atoms with Gasteiger partial charge in [0.2, 0.25) is 5.91 Å². The fourth-order valence-corrected chi connectivity index (χ4v) is 3.35. The Morgan fingerprint density at radius 3 is 2.62 bits per heavy atom. The first-order chi connectivity index (χ1) is 10.1. The summed E-state index contributed by atoms with van der Waals surface area (Å²) in [5, 5.41) is 14.1. The predicted molar refractivity (Wildman–Crippen MR) is 80.3 cm³/mol. The summed E-state index contributed by atoms with van der Waals surface area (Å²) in [5.74, 6) is -1.35. The van der Waals surface area contributed by atoms with Crippen molar-refractivity contribution in [3.8, 4) is 0 Å². The van der Waals surface area contributed by atoms with Crippen LogP contribution in [0.1, 0.15) is 22.8 Å². The molecule has 21 heavy (non-hydrogen) atoms. The second-order valence-electron chi connectivity index (χ2n) is 5.25. The molecule has 2 aromatic rings. The molecule has 0 bridgehead atoms. The number of nitrogens with one attached hydrogen (secondary N) is 1. The molecule has 1 aromatic heterocycles. The van der Waals surface area contributed by atoms with E-state index in [1.165, 1.54) is 11.3 Å². The van der Waals surface area contributed by atoms with Gasteiger partial charge in [-0.1, -0.05) is 36.4 Å². The maximum atomic E-state index is 12.1. The number of aliphatic carboxylic acids is 1. The van der Waals surface area contributed by atoms with Gasteiger partial charge in [-0.15, -0.1) is 11.3 Å². The Kier molecular flexibility index (Phi) is 3.51. The van der Waals surface area contributed by atoms with Gasteiger partial charge in [0.1, 0.15) is 5.54 Å². The minimum absolute atomic E-state index is 0.150. The lowest BCUT2D eigenvalue weighted by atomic mass is 10.1. The van der Waals surface area contributed by atoms with Gasteiger partial charge in [0, 0.05) is 10.8 Å². The van der Waals surface area contributed by atoms with Crippen LogP contribution < -0.4 is 5.32 Å². The van der Waals surface area contributed by atoms with E-state index in [9.17, 15) is 14.7 Å². The first kappa shape index (κ1) is 13.8. The highest BCUT2D eigenvalue weighted by molar-refractivity contribution is 7.10. The molecule has 1 aliphatic rings. The Balaban J connectivity index is 1.72. The number of thiophene rings is 1. The lowest BCUT2D eigenvalue weighted by molar-refractivity contribution is -0.143. The summed E-state index contributed by atoms with van der Waals surface area (Å²) in [6, 6.07) is 13.2. The van der Waals surface area contributed by atoms with E-state index in [1.807, 2.05) is 47.8 Å². The molecule has 1 aromatic carbocycles. The van der Waals surface area contributed by atoms with Crippen LogP contribution in [0.15, 0.2) is 47.8 Å². The molecule has 2 unspecified atom stereocenters. The number of benzene rings is 1. The van der Waals surface area contributed by atoms with Crippen molar-refractivity contribution in [1.29, 1.82) is 0 Å². The molecule has 1 fully saturated rings. The largest absolute Gasteiger partial charge is 0.479 e. The maximum absolute atomic E-state index is 12.1. The summed E-state index contributed by atoms with van der Waals surface area (Å²) in [5.41, 5.74) is -0.188. The number of hydrogen-bond donors (Lipinski definition) is 2. The smallest absolute Gasteiger partial charge is 0.330 e. The van der Waals surface area contributed by atoms with Crippen molar-refractivity contribution in [1.82, 2.24) is 5.32 Å². The third-order valence-corrected chi connectivity index (χ3v) is 4.70. The van der Waals surface area contributed by atoms with E-state index in [0.717, 1.165) is 10.4 Å². The highest BCUT2D eigenvalue weighted by Crippen LogP contribution is 2.51. The molecule has 0 aliphatic heterocycles. The molecule has 1 aliphatic carbocycles. The molecular formula is C16H15NO3S. The van der Waals surface area contributed by atoms with Crippen LogP contribution in [0.25, 0.3) is 0 Å². The Morgan fingerprint density at radius 2 is 2.00 bits per heavy atom. The molecular weight excluding hydrogens is 286 g/mol. The Labute approximate surface area is 126 Å². The number of carbonyl (C=O) groups excluding carboxylic acids is 1. The van der Waals surface area contributed by atoms with Crippen LogP contribution in [-0.4, -0.2) is 22.5 Å². The number of carboxylic acid groups (broad SMARTS) is 1. The van der Waals surface area contributed by atoms with Crippen molar-refractivity contribution in [3.05, 3.63) is 58.3 Å². The molecule has 1 saturated carbocycles. The fraction of sp³-hybridized carbons (Fsp3) is 0.250. The Morgan fingerprint density at radius 1 is 1.24 bits per heavy atom. The van der Waals surface area contributed by atoms with Gasteiger partial charge in [0.05, 0.1) is 6.42 Å². The van der Waals surface area contributed by atoms with E-state index in [4.69, 9.17) is 0 Å². The van der Waals surface area contributed by atoms with Gasteiger partial charge in [0.25, 0.3) is 0 Å². The number of carboxylic acids is 1. The molecule has 4 nitrogen and oxygen atoms in total. The average molecular weight is 301 g/mol. The van der Waals surface area contributed by atoms with Crippen molar-refractivity contribution in [3.63, 3.8) is 0 Å². The number of hydrogen-bond acceptors (Lipinski definition) is 3. The third-order valence-electron chi connectivity index (χ3n) is 3.82. The average Bonchev–Trinajstić information content (AvgIpc) is 2.97. The number of rotatable bonds is 5. The molecule has 3 rings (SSSR count). The van der Waals surface area contributed by atoms with Gasteiger partial charge in [0.15, 0.2) is 0 Å². The minimum Gasteiger partial charge on any atom is -0.479 e. The minimum atomic E-state index is -1.14. The maximum Gasteiger partial charge on any atom is 0.330 e. The van der Waals surface area contributed by atoms with E-state index in [1.54, 1.807) is 0 Å². The zero-order chi connectivity index (χ0) is 14.9. The first-order valence-corrected chi connectivity index (χ1v) is 7.61. The zero-order valence-corrected chi connectivity index (χ0v) is 12.1. The summed E-state index contributed by atoms with van der Waals surface area (Å²) in [6.45, 7) is 0. The monoisotopic (exact) mass is 301 g/mol. The fourth-order valence-electron chi connectivity index (χ4n) is 2.64. The predicted octanol–water partition coefficient (Wildman–Crippen LogP) is 2.42. The molecule has 0 saturated heterocycles. The summed E-state index contributed by atoms with van der Waals surface area (Å²) in [6.07, 6.45) is 0.677. The van der Waals surface area contributed by atoms with Gasteiger partial charge >= 0.3 is 5.97 Å². The topological polar surface area (TPSA) is 66.4 Å². The first-order valence-electron chi connectivity index (χ1n) is 6.73. The van der Waals surface area contributed by atoms with Crippen LogP contribution in [0.4, 0.5) is 0 Å². The second kappa shape index (κ2) is 5.33. The van der Waals surface area contributed by atoms with Crippen molar-refractivity contribution in [2.24, 2.45) is 0 Å². The molecule has 5 heteroatoms. The van der Waals surface area contributed by atoms with Gasteiger partial charge in [-0.3, -0.25) is 4.79 Å². The van der Waals surface area contributed by atoms with Crippen molar-refractivity contribution < 1.29 is 14.7 Å². The Bertz CT molecular complexity index is 653. The molecule has 1 amide bonds. The van der Waals surface area contributed by atoms with Crippen LogP contribution in [0, 0.1) is 0 Å². The summed E-state index contributed by atoms with van der Waals surface area (Å²) in [4.78, 5) is 24.6. The quantitative estimate of drug-likeness (QED) is 0.891. The summed E-state index contributed by atoms with van der Waals surface area (Å²) < 4.78 is 0. The van der Waals surface area contributed by atoms with Gasteiger partial charge in [-0.25, -0.2) is 4.79 Å². The summed E-state index contributed by atoms with van der Waals surface area (Å²) in [7, 11) is 0. The lowest BCUT2D eigenvalue weighted by Crippen LogP contribution is -2.45. The Hall–Kier alpha value is -2.14. The highest BCUT2D eigenvalue weighted by Gasteiger charge is 2.62. The van der Waals surface area contributed by atoms with Crippen LogP contribution in [-0.2, 0) is 16.0 Å². The molecule has 1 heterocycles. The SMILES string of the molecule is O=C(Cc1cccs1)NC1(C(=O)O)CC1c1ccccc1. The highest BCUT2D eigenvalue weighted by atomic mass is 32.1. The van der Waals surface area contributed by atoms with Crippen molar-refractivity contribution in [2.45, 2.75) is 24.3 Å². The standard InChI is InChI=1S/C16H15NO3S/c18-14(9-12-7-4-8-21-12)17-16(15(19)20)10-13(16)11-5-2-1-3-6-11/h1-8,13H,9-10H2,(H,17,18)(H,19,20). The van der Waals surface area contributed by atoms with Crippen molar-refractivity contribution in [2.75, 3.05) is 0 Å². The second-order valence-corrected chi connectivity index (χ2v) is 6.28. The molecule has 108 valence electrons. The van der Waals surface area contributed by atoms with E-state index >= 15 is 0 Å². The van der Waals surface area contributed by atoms with Crippen LogP contribution in [0.5, 0.6) is 0 Å². The van der Waals surface area contributed by atoms with Gasteiger partial charge in [-0.2, -0.15) is 0 Å². The third kappa shape index (κ3) is 2.69. The number of carbonyl (C=O) groups is 2. The van der Waals surface area contributed by atoms with Crippen LogP contribution in [0.3, 0.4) is 0 Å². The van der Waals surface area contributed by atoms with E-state index < -0.39 is 11.5 Å². The van der Waals surface area contributed by atoms with E-state index in [2.05, 4.69) is 5.32 Å².